The zero-order chi connectivity index (χ0) is 14.4. The maximum atomic E-state index is 11.3. The van der Waals surface area contributed by atoms with Gasteiger partial charge in [-0.1, -0.05) is 18.6 Å². The van der Waals surface area contributed by atoms with Crippen LogP contribution in [-0.2, 0) is 5.60 Å². The molecule has 110 valence electrons. The first kappa shape index (κ1) is 13.2. The second-order valence-corrected chi connectivity index (χ2v) is 6.75. The Labute approximate surface area is 125 Å². The molecule has 2 atom stereocenters. The summed E-state index contributed by atoms with van der Waals surface area (Å²) in [6, 6.07) is 11.3. The van der Waals surface area contributed by atoms with Crippen LogP contribution in [0.25, 0.3) is 10.9 Å². The van der Waals surface area contributed by atoms with E-state index in [1.807, 2.05) is 18.3 Å². The van der Waals surface area contributed by atoms with Gasteiger partial charge in [0.25, 0.3) is 0 Å². The average Bonchev–Trinajstić information content (AvgIpc) is 2.49. The number of aromatic nitrogens is 1. The van der Waals surface area contributed by atoms with Gasteiger partial charge in [-0.05, 0) is 56.5 Å². The first-order chi connectivity index (χ1) is 10.2. The first-order valence-electron chi connectivity index (χ1n) is 7.95. The minimum absolute atomic E-state index is 0.520. The molecule has 1 aromatic carbocycles. The first-order valence-corrected chi connectivity index (χ1v) is 7.95. The molecule has 3 nitrogen and oxygen atoms in total. The van der Waals surface area contributed by atoms with Crippen molar-refractivity contribution in [3.8, 4) is 0 Å². The summed E-state index contributed by atoms with van der Waals surface area (Å²) in [6.07, 6.45) is 7.25. The van der Waals surface area contributed by atoms with Gasteiger partial charge < -0.3 is 10.0 Å². The van der Waals surface area contributed by atoms with Crippen molar-refractivity contribution in [2.24, 2.45) is 0 Å². The van der Waals surface area contributed by atoms with E-state index in [-0.39, 0.29) is 0 Å². The summed E-state index contributed by atoms with van der Waals surface area (Å²) in [6.45, 7) is 0. The highest BCUT2D eigenvalue weighted by molar-refractivity contribution is 5.79. The fraction of sp³-hybridized carbons (Fsp3) is 0.500. The van der Waals surface area contributed by atoms with Gasteiger partial charge in [0.2, 0.25) is 0 Å². The van der Waals surface area contributed by atoms with Gasteiger partial charge in [0.1, 0.15) is 0 Å². The maximum absolute atomic E-state index is 11.3. The van der Waals surface area contributed by atoms with E-state index >= 15 is 0 Å². The van der Waals surface area contributed by atoms with E-state index in [1.54, 1.807) is 0 Å². The molecule has 2 aliphatic heterocycles. The van der Waals surface area contributed by atoms with E-state index in [0.29, 0.717) is 12.1 Å². The number of nitrogens with zero attached hydrogens (tertiary/aromatic N) is 2. The highest BCUT2D eigenvalue weighted by Gasteiger charge is 2.44. The number of pyridine rings is 1. The quantitative estimate of drug-likeness (QED) is 0.873. The zero-order valence-electron chi connectivity index (χ0n) is 12.5. The Hall–Kier alpha value is -1.45. The molecule has 1 aromatic heterocycles. The minimum atomic E-state index is -0.674. The normalized spacial score (nSPS) is 33.2. The molecule has 0 aliphatic carbocycles. The van der Waals surface area contributed by atoms with Crippen molar-refractivity contribution in [1.29, 1.82) is 0 Å². The van der Waals surface area contributed by atoms with Crippen LogP contribution in [0, 0.1) is 0 Å². The van der Waals surface area contributed by atoms with Crippen LogP contribution in [0.15, 0.2) is 36.5 Å². The molecule has 0 radical (unpaired) electrons. The van der Waals surface area contributed by atoms with Crippen LogP contribution in [-0.4, -0.2) is 34.1 Å². The molecule has 0 spiro atoms. The Morgan fingerprint density at radius 3 is 2.71 bits per heavy atom. The summed E-state index contributed by atoms with van der Waals surface area (Å²) in [7, 11) is 2.22. The third-order valence-electron chi connectivity index (χ3n) is 5.51. The zero-order valence-corrected chi connectivity index (χ0v) is 12.5. The Morgan fingerprint density at radius 2 is 1.95 bits per heavy atom. The number of hydrogen-bond acceptors (Lipinski definition) is 3. The van der Waals surface area contributed by atoms with Crippen molar-refractivity contribution >= 4 is 10.9 Å². The summed E-state index contributed by atoms with van der Waals surface area (Å²) in [5, 5.41) is 12.4. The van der Waals surface area contributed by atoms with Gasteiger partial charge >= 0.3 is 0 Å². The Kier molecular flexibility index (Phi) is 3.02. The van der Waals surface area contributed by atoms with E-state index in [2.05, 4.69) is 35.1 Å². The summed E-state index contributed by atoms with van der Waals surface area (Å²) in [4.78, 5) is 6.86. The lowest BCUT2D eigenvalue weighted by molar-refractivity contribution is -0.0874. The lowest BCUT2D eigenvalue weighted by Gasteiger charge is -2.50. The van der Waals surface area contributed by atoms with E-state index in [9.17, 15) is 5.11 Å². The highest BCUT2D eigenvalue weighted by Crippen LogP contribution is 2.43. The molecule has 2 aromatic rings. The molecule has 0 amide bonds. The van der Waals surface area contributed by atoms with Crippen LogP contribution in [0.5, 0.6) is 0 Å². The number of piperidine rings is 2. The van der Waals surface area contributed by atoms with E-state index in [0.717, 1.165) is 29.3 Å². The molecule has 2 unspecified atom stereocenters. The lowest BCUT2D eigenvalue weighted by Crippen LogP contribution is -2.55. The number of rotatable bonds is 1. The Balaban J connectivity index is 1.73. The summed E-state index contributed by atoms with van der Waals surface area (Å²) < 4.78 is 0. The van der Waals surface area contributed by atoms with Gasteiger partial charge in [-0.3, -0.25) is 4.98 Å². The molecule has 2 bridgehead atoms. The molecule has 1 N–H and O–H groups in total. The number of fused-ring (bicyclic) bond motifs is 3. The molecular formula is C18H22N2O. The van der Waals surface area contributed by atoms with Gasteiger partial charge in [-0.25, -0.2) is 0 Å². The predicted octanol–water partition coefficient (Wildman–Crippen LogP) is 3.07. The van der Waals surface area contributed by atoms with Gasteiger partial charge in [-0.15, -0.1) is 0 Å². The van der Waals surface area contributed by atoms with E-state index in [1.165, 1.54) is 19.3 Å². The second kappa shape index (κ2) is 4.79. The standard InChI is InChI=1S/C18H22N2O/c1-20-15-5-2-6-16(20)12-18(21,11-15)14-7-8-17-13(10-14)4-3-9-19-17/h3-4,7-10,15-16,21H,2,5-6,11-12H2,1H3. The molecule has 0 saturated carbocycles. The number of aliphatic hydroxyl groups is 1. The van der Waals surface area contributed by atoms with Crippen molar-refractivity contribution in [1.82, 2.24) is 9.88 Å². The average molecular weight is 282 g/mol. The van der Waals surface area contributed by atoms with Gasteiger partial charge in [0.05, 0.1) is 11.1 Å². The molecule has 2 saturated heterocycles. The van der Waals surface area contributed by atoms with Crippen molar-refractivity contribution in [2.45, 2.75) is 49.8 Å². The van der Waals surface area contributed by atoms with Crippen LogP contribution < -0.4 is 0 Å². The Bertz CT molecular complexity index is 655. The summed E-state index contributed by atoms with van der Waals surface area (Å²) in [5.41, 5.74) is 1.39. The van der Waals surface area contributed by atoms with Crippen LogP contribution in [0.2, 0.25) is 0 Å². The molecule has 3 heterocycles. The van der Waals surface area contributed by atoms with Crippen LogP contribution >= 0.6 is 0 Å². The maximum Gasteiger partial charge on any atom is 0.0926 e. The SMILES string of the molecule is CN1C2CCCC1CC(O)(c1ccc3ncccc3c1)C2. The van der Waals surface area contributed by atoms with Gasteiger partial charge in [0.15, 0.2) is 0 Å². The van der Waals surface area contributed by atoms with Crippen molar-refractivity contribution < 1.29 is 5.11 Å². The monoisotopic (exact) mass is 282 g/mol. The molecule has 2 aliphatic rings. The molecule has 3 heteroatoms. The van der Waals surface area contributed by atoms with Crippen LogP contribution in [0.1, 0.15) is 37.7 Å². The summed E-state index contributed by atoms with van der Waals surface area (Å²) >= 11 is 0. The lowest BCUT2D eigenvalue weighted by atomic mass is 9.72. The third-order valence-corrected chi connectivity index (χ3v) is 5.51. The number of hydrogen-bond donors (Lipinski definition) is 1. The fourth-order valence-corrected chi connectivity index (χ4v) is 4.25. The van der Waals surface area contributed by atoms with Crippen molar-refractivity contribution in [3.63, 3.8) is 0 Å². The van der Waals surface area contributed by atoms with Gasteiger partial charge in [0, 0.05) is 23.7 Å². The topological polar surface area (TPSA) is 36.4 Å². The van der Waals surface area contributed by atoms with Gasteiger partial charge in [-0.2, -0.15) is 0 Å². The van der Waals surface area contributed by atoms with Crippen LogP contribution in [0.4, 0.5) is 0 Å². The van der Waals surface area contributed by atoms with E-state index in [4.69, 9.17) is 0 Å². The molecule has 4 rings (SSSR count). The van der Waals surface area contributed by atoms with Crippen molar-refractivity contribution in [3.05, 3.63) is 42.1 Å². The second-order valence-electron chi connectivity index (χ2n) is 6.75. The predicted molar refractivity (Wildman–Crippen MR) is 84.1 cm³/mol. The molecule has 21 heavy (non-hydrogen) atoms. The summed E-state index contributed by atoms with van der Waals surface area (Å²) in [5.74, 6) is 0. The smallest absolute Gasteiger partial charge is 0.0926 e. The fourth-order valence-electron chi connectivity index (χ4n) is 4.25. The molecular weight excluding hydrogens is 260 g/mol. The van der Waals surface area contributed by atoms with Crippen LogP contribution in [0.3, 0.4) is 0 Å². The van der Waals surface area contributed by atoms with Crippen molar-refractivity contribution in [2.75, 3.05) is 7.05 Å². The van der Waals surface area contributed by atoms with E-state index < -0.39 is 5.60 Å². The number of benzene rings is 1. The largest absolute Gasteiger partial charge is 0.385 e. The third kappa shape index (κ3) is 2.16. The molecule has 2 fully saturated rings. The highest BCUT2D eigenvalue weighted by atomic mass is 16.3. The minimum Gasteiger partial charge on any atom is -0.385 e. The Morgan fingerprint density at radius 1 is 1.19 bits per heavy atom.